The maximum atomic E-state index is 13.0. The van der Waals surface area contributed by atoms with Crippen molar-refractivity contribution in [3.05, 3.63) is 80.2 Å². The number of rotatable bonds is 2. The molecule has 1 N–H and O–H groups in total. The van der Waals surface area contributed by atoms with E-state index in [1.165, 1.54) is 11.1 Å². The average Bonchev–Trinajstić information content (AvgIpc) is 3.01. The lowest BCUT2D eigenvalue weighted by molar-refractivity contribution is 0.199. The zero-order valence-electron chi connectivity index (χ0n) is 14.8. The van der Waals surface area contributed by atoms with E-state index in [4.69, 9.17) is 4.42 Å². The van der Waals surface area contributed by atoms with Crippen LogP contribution >= 0.6 is 0 Å². The first kappa shape index (κ1) is 16.1. The number of aliphatic hydroxyl groups is 1. The highest BCUT2D eigenvalue weighted by molar-refractivity contribution is 5.82. The average molecular weight is 334 g/mol. The summed E-state index contributed by atoms with van der Waals surface area (Å²) in [6.07, 6.45) is 1.10. The highest BCUT2D eigenvalue weighted by atomic mass is 16.3. The molecule has 0 radical (unpaired) electrons. The van der Waals surface area contributed by atoms with Crippen LogP contribution in [0.2, 0.25) is 0 Å². The standard InChI is InChI=1S/C22H22O3/c1-12-8-18(14(3)23)22-19(9-12)20(24)13(2)21(25-22)17-10-15-6-4-5-7-16(15)11-17/h4-9,14,17,23H,10-11H2,1-3H3. The molecule has 0 bridgehead atoms. The predicted molar refractivity (Wildman–Crippen MR) is 99.2 cm³/mol. The minimum absolute atomic E-state index is 0.0119. The van der Waals surface area contributed by atoms with Crippen molar-refractivity contribution < 1.29 is 9.52 Å². The second-order valence-electron chi connectivity index (χ2n) is 7.20. The molecule has 1 aliphatic rings. The van der Waals surface area contributed by atoms with Gasteiger partial charge in [-0.25, -0.2) is 0 Å². The number of hydrogen-bond acceptors (Lipinski definition) is 3. The summed E-state index contributed by atoms with van der Waals surface area (Å²) < 4.78 is 6.28. The van der Waals surface area contributed by atoms with Crippen molar-refractivity contribution in [2.24, 2.45) is 0 Å². The normalized spacial score (nSPS) is 15.5. The fourth-order valence-corrected chi connectivity index (χ4v) is 4.03. The molecule has 0 saturated heterocycles. The van der Waals surface area contributed by atoms with Crippen LogP contribution in [0.5, 0.6) is 0 Å². The first-order valence-electron chi connectivity index (χ1n) is 8.78. The summed E-state index contributed by atoms with van der Waals surface area (Å²) in [5, 5.41) is 10.7. The minimum atomic E-state index is -0.679. The van der Waals surface area contributed by atoms with E-state index < -0.39 is 6.10 Å². The zero-order valence-corrected chi connectivity index (χ0v) is 14.8. The second-order valence-corrected chi connectivity index (χ2v) is 7.20. The number of aliphatic hydroxyl groups excluding tert-OH is 1. The summed E-state index contributed by atoms with van der Waals surface area (Å²) in [7, 11) is 0. The van der Waals surface area contributed by atoms with Crippen LogP contribution in [-0.4, -0.2) is 5.11 Å². The molecule has 0 spiro atoms. The lowest BCUT2D eigenvalue weighted by atomic mass is 9.96. The molecule has 0 amide bonds. The SMILES string of the molecule is Cc1cc(C(C)O)c2oc(C3Cc4ccccc4C3)c(C)c(=O)c2c1. The lowest BCUT2D eigenvalue weighted by Crippen LogP contribution is -2.14. The molecule has 1 aromatic heterocycles. The van der Waals surface area contributed by atoms with Crippen LogP contribution in [0.25, 0.3) is 11.0 Å². The molecule has 0 aliphatic heterocycles. The first-order chi connectivity index (χ1) is 12.0. The number of hydrogen-bond donors (Lipinski definition) is 1. The molecule has 1 aliphatic carbocycles. The van der Waals surface area contributed by atoms with Gasteiger partial charge >= 0.3 is 0 Å². The van der Waals surface area contributed by atoms with Crippen molar-refractivity contribution >= 4 is 11.0 Å². The van der Waals surface area contributed by atoms with Gasteiger partial charge < -0.3 is 9.52 Å². The Bertz CT molecular complexity index is 1000. The van der Waals surface area contributed by atoms with Crippen LogP contribution < -0.4 is 5.43 Å². The Morgan fingerprint density at radius 1 is 1.12 bits per heavy atom. The molecule has 3 heteroatoms. The minimum Gasteiger partial charge on any atom is -0.460 e. The third-order valence-electron chi connectivity index (χ3n) is 5.30. The molecule has 3 aromatic rings. The fourth-order valence-electron chi connectivity index (χ4n) is 4.03. The van der Waals surface area contributed by atoms with E-state index in [2.05, 4.69) is 24.3 Å². The Morgan fingerprint density at radius 2 is 1.76 bits per heavy atom. The van der Waals surface area contributed by atoms with Gasteiger partial charge in [0.1, 0.15) is 11.3 Å². The number of benzene rings is 2. The molecule has 0 fully saturated rings. The van der Waals surface area contributed by atoms with E-state index >= 15 is 0 Å². The van der Waals surface area contributed by atoms with Crippen LogP contribution in [0.3, 0.4) is 0 Å². The summed E-state index contributed by atoms with van der Waals surface area (Å²) >= 11 is 0. The third kappa shape index (κ3) is 2.59. The Hall–Kier alpha value is -2.39. The third-order valence-corrected chi connectivity index (χ3v) is 5.30. The van der Waals surface area contributed by atoms with Crippen molar-refractivity contribution in [2.75, 3.05) is 0 Å². The van der Waals surface area contributed by atoms with Gasteiger partial charge in [-0.1, -0.05) is 24.3 Å². The van der Waals surface area contributed by atoms with E-state index in [9.17, 15) is 9.90 Å². The molecule has 1 heterocycles. The van der Waals surface area contributed by atoms with Gasteiger partial charge in [-0.3, -0.25) is 4.79 Å². The molecule has 1 unspecified atom stereocenters. The summed E-state index contributed by atoms with van der Waals surface area (Å²) in [5.74, 6) is 0.942. The van der Waals surface area contributed by atoms with Gasteiger partial charge in [-0.2, -0.15) is 0 Å². The monoisotopic (exact) mass is 334 g/mol. The summed E-state index contributed by atoms with van der Waals surface area (Å²) in [6.45, 7) is 5.49. The smallest absolute Gasteiger partial charge is 0.195 e. The Balaban J connectivity index is 1.92. The van der Waals surface area contributed by atoms with E-state index in [0.29, 0.717) is 22.1 Å². The van der Waals surface area contributed by atoms with Crippen LogP contribution in [-0.2, 0) is 12.8 Å². The summed E-state index contributed by atoms with van der Waals surface area (Å²) in [6, 6.07) is 12.2. The van der Waals surface area contributed by atoms with Crippen LogP contribution in [0.1, 0.15) is 52.5 Å². The van der Waals surface area contributed by atoms with Gasteiger partial charge in [0.15, 0.2) is 5.43 Å². The molecule has 3 nitrogen and oxygen atoms in total. The van der Waals surface area contributed by atoms with E-state index in [1.807, 2.05) is 26.0 Å². The molecule has 128 valence electrons. The predicted octanol–water partition coefficient (Wildman–Crippen LogP) is 4.35. The van der Waals surface area contributed by atoms with E-state index in [0.717, 1.165) is 24.2 Å². The van der Waals surface area contributed by atoms with Gasteiger partial charge in [0, 0.05) is 17.0 Å². The maximum absolute atomic E-state index is 13.0. The number of aryl methyl sites for hydroxylation is 1. The first-order valence-corrected chi connectivity index (χ1v) is 8.78. The Morgan fingerprint density at radius 3 is 2.36 bits per heavy atom. The van der Waals surface area contributed by atoms with Gasteiger partial charge in [-0.05, 0) is 62.4 Å². The van der Waals surface area contributed by atoms with Crippen LogP contribution in [0.15, 0.2) is 45.6 Å². The van der Waals surface area contributed by atoms with E-state index in [1.54, 1.807) is 6.92 Å². The van der Waals surface area contributed by atoms with Crippen molar-refractivity contribution in [1.82, 2.24) is 0 Å². The van der Waals surface area contributed by atoms with Gasteiger partial charge in [0.25, 0.3) is 0 Å². The van der Waals surface area contributed by atoms with Crippen LogP contribution in [0, 0.1) is 13.8 Å². The topological polar surface area (TPSA) is 50.4 Å². The lowest BCUT2D eigenvalue weighted by Gasteiger charge is -2.16. The fraction of sp³-hybridized carbons (Fsp3) is 0.318. The van der Waals surface area contributed by atoms with Gasteiger partial charge in [0.2, 0.25) is 0 Å². The summed E-state index contributed by atoms with van der Waals surface area (Å²) in [5.41, 5.74) is 5.52. The quantitative estimate of drug-likeness (QED) is 0.758. The maximum Gasteiger partial charge on any atom is 0.195 e. The van der Waals surface area contributed by atoms with Crippen molar-refractivity contribution in [3.8, 4) is 0 Å². The molecule has 2 aromatic carbocycles. The Kier molecular flexibility index (Phi) is 3.77. The van der Waals surface area contributed by atoms with Crippen molar-refractivity contribution in [1.29, 1.82) is 0 Å². The Labute approximate surface area is 146 Å². The van der Waals surface area contributed by atoms with Crippen molar-refractivity contribution in [3.63, 3.8) is 0 Å². The van der Waals surface area contributed by atoms with Crippen molar-refractivity contribution in [2.45, 2.75) is 45.6 Å². The van der Waals surface area contributed by atoms with Gasteiger partial charge in [0.05, 0.1) is 11.5 Å². The zero-order chi connectivity index (χ0) is 17.7. The molecular formula is C22H22O3. The molecular weight excluding hydrogens is 312 g/mol. The molecule has 1 atom stereocenters. The highest BCUT2D eigenvalue weighted by Gasteiger charge is 2.28. The second kappa shape index (κ2) is 5.85. The summed E-state index contributed by atoms with van der Waals surface area (Å²) in [4.78, 5) is 13.0. The largest absolute Gasteiger partial charge is 0.460 e. The molecule has 0 saturated carbocycles. The molecule has 4 rings (SSSR count). The van der Waals surface area contributed by atoms with E-state index in [-0.39, 0.29) is 11.3 Å². The molecule has 25 heavy (non-hydrogen) atoms. The highest BCUT2D eigenvalue weighted by Crippen LogP contribution is 2.36. The van der Waals surface area contributed by atoms with Gasteiger partial charge in [-0.15, -0.1) is 0 Å². The van der Waals surface area contributed by atoms with Crippen LogP contribution in [0.4, 0.5) is 0 Å². The number of fused-ring (bicyclic) bond motifs is 2.